The van der Waals surface area contributed by atoms with Crippen molar-refractivity contribution in [2.45, 2.75) is 44.3 Å². The minimum atomic E-state index is -0.280. The molecule has 1 fully saturated rings. The Balaban J connectivity index is 0.00000242. The van der Waals surface area contributed by atoms with Gasteiger partial charge in [-0.05, 0) is 37.7 Å². The monoisotopic (exact) mass is 326 g/mol. The number of nitrogens with zero attached hydrogens (tertiary/aromatic N) is 1. The van der Waals surface area contributed by atoms with Crippen LogP contribution in [0.1, 0.15) is 31.2 Å². The van der Waals surface area contributed by atoms with Crippen molar-refractivity contribution >= 4 is 18.3 Å². The summed E-state index contributed by atoms with van der Waals surface area (Å²) in [4.78, 5) is 14.0. The normalized spacial score (nSPS) is 20.5. The number of carbonyl (C=O) groups excluding carboxylic acids is 1. The van der Waals surface area contributed by atoms with Gasteiger partial charge >= 0.3 is 0 Å². The van der Waals surface area contributed by atoms with Crippen LogP contribution in [0.2, 0.25) is 0 Å². The lowest BCUT2D eigenvalue weighted by molar-refractivity contribution is -0.141. The molecule has 2 atom stereocenters. The molecule has 1 amide bonds. The van der Waals surface area contributed by atoms with Crippen LogP contribution in [-0.2, 0) is 16.0 Å². The molecule has 124 valence electrons. The number of amides is 1. The van der Waals surface area contributed by atoms with E-state index >= 15 is 0 Å². The first-order valence-electron chi connectivity index (χ1n) is 7.85. The van der Waals surface area contributed by atoms with Gasteiger partial charge < -0.3 is 15.4 Å². The molecular formula is C17H27ClN2O2. The number of halogens is 1. The van der Waals surface area contributed by atoms with Crippen LogP contribution in [0.15, 0.2) is 30.3 Å². The Labute approximate surface area is 139 Å². The number of likely N-dealkylation sites (N-methyl/N-ethyl adjacent to an activating group) is 1. The van der Waals surface area contributed by atoms with Crippen LogP contribution in [0.5, 0.6) is 0 Å². The Morgan fingerprint density at radius 3 is 2.64 bits per heavy atom. The molecule has 0 bridgehead atoms. The number of nitrogens with two attached hydrogens (primary N) is 1. The van der Waals surface area contributed by atoms with E-state index in [9.17, 15) is 4.79 Å². The highest BCUT2D eigenvalue weighted by molar-refractivity contribution is 5.85. The van der Waals surface area contributed by atoms with E-state index < -0.39 is 0 Å². The lowest BCUT2D eigenvalue weighted by Gasteiger charge is -2.21. The van der Waals surface area contributed by atoms with Crippen molar-refractivity contribution in [3.05, 3.63) is 35.9 Å². The van der Waals surface area contributed by atoms with E-state index in [2.05, 4.69) is 24.3 Å². The Morgan fingerprint density at radius 1 is 1.27 bits per heavy atom. The van der Waals surface area contributed by atoms with E-state index in [1.807, 2.05) is 13.1 Å². The highest BCUT2D eigenvalue weighted by Gasteiger charge is 2.31. The largest absolute Gasteiger partial charge is 0.364 e. The van der Waals surface area contributed by atoms with Crippen LogP contribution in [0.25, 0.3) is 0 Å². The quantitative estimate of drug-likeness (QED) is 0.783. The van der Waals surface area contributed by atoms with Crippen LogP contribution in [-0.4, -0.2) is 43.2 Å². The first-order chi connectivity index (χ1) is 10.2. The minimum Gasteiger partial charge on any atom is -0.364 e. The zero-order valence-electron chi connectivity index (χ0n) is 13.2. The Morgan fingerprint density at radius 2 is 2.00 bits per heavy atom. The van der Waals surface area contributed by atoms with Crippen molar-refractivity contribution in [1.29, 1.82) is 0 Å². The summed E-state index contributed by atoms with van der Waals surface area (Å²) in [6.07, 6.45) is 4.66. The lowest BCUT2D eigenvalue weighted by Crippen LogP contribution is -2.37. The summed E-state index contributed by atoms with van der Waals surface area (Å²) >= 11 is 0. The molecule has 0 radical (unpaired) electrons. The summed E-state index contributed by atoms with van der Waals surface area (Å²) in [7, 11) is 1.87. The zero-order chi connectivity index (χ0) is 15.1. The van der Waals surface area contributed by atoms with Crippen molar-refractivity contribution in [3.63, 3.8) is 0 Å². The SMILES string of the molecule is CN(CCCCc1ccccc1)C(=O)[C@@H]1CC[C@H](CN)O1.Cl. The fourth-order valence-electron chi connectivity index (χ4n) is 2.74. The fourth-order valence-corrected chi connectivity index (χ4v) is 2.74. The molecule has 0 aromatic heterocycles. The molecule has 0 saturated carbocycles. The summed E-state index contributed by atoms with van der Waals surface area (Å²) in [6, 6.07) is 10.5. The maximum Gasteiger partial charge on any atom is 0.251 e. The number of carbonyl (C=O) groups is 1. The number of benzene rings is 1. The molecule has 1 aromatic rings. The van der Waals surface area contributed by atoms with Crippen molar-refractivity contribution in [3.8, 4) is 0 Å². The first kappa shape index (κ1) is 18.9. The maximum atomic E-state index is 12.2. The molecule has 1 aromatic carbocycles. The zero-order valence-corrected chi connectivity index (χ0v) is 14.1. The molecule has 2 N–H and O–H groups in total. The van der Waals surface area contributed by atoms with Crippen LogP contribution in [0, 0.1) is 0 Å². The van der Waals surface area contributed by atoms with Gasteiger partial charge in [0.05, 0.1) is 6.10 Å². The Bertz CT molecular complexity index is 442. The van der Waals surface area contributed by atoms with E-state index in [1.165, 1.54) is 5.56 Å². The molecule has 1 aliphatic rings. The molecule has 1 aliphatic heterocycles. The highest BCUT2D eigenvalue weighted by atomic mass is 35.5. The number of rotatable bonds is 7. The predicted octanol–water partition coefficient (Wildman–Crippen LogP) is 2.40. The molecule has 1 saturated heterocycles. The van der Waals surface area contributed by atoms with E-state index in [0.29, 0.717) is 6.54 Å². The van der Waals surface area contributed by atoms with E-state index in [-0.39, 0.29) is 30.5 Å². The summed E-state index contributed by atoms with van der Waals surface area (Å²) in [6.45, 7) is 1.30. The van der Waals surface area contributed by atoms with Crippen LogP contribution >= 0.6 is 12.4 Å². The Hall–Kier alpha value is -1.10. The topological polar surface area (TPSA) is 55.6 Å². The molecule has 4 nitrogen and oxygen atoms in total. The number of hydrogen-bond donors (Lipinski definition) is 1. The van der Waals surface area contributed by atoms with Gasteiger partial charge in [0.25, 0.3) is 5.91 Å². The Kier molecular flexibility index (Phi) is 8.46. The van der Waals surface area contributed by atoms with Crippen molar-refractivity contribution < 1.29 is 9.53 Å². The molecule has 5 heteroatoms. The smallest absolute Gasteiger partial charge is 0.251 e. The third-order valence-electron chi connectivity index (χ3n) is 4.07. The van der Waals surface area contributed by atoms with Crippen molar-refractivity contribution in [2.75, 3.05) is 20.1 Å². The van der Waals surface area contributed by atoms with Crippen molar-refractivity contribution in [2.24, 2.45) is 5.73 Å². The lowest BCUT2D eigenvalue weighted by atomic mass is 10.1. The average Bonchev–Trinajstić information content (AvgIpc) is 3.00. The second-order valence-corrected chi connectivity index (χ2v) is 5.76. The molecule has 1 heterocycles. The second-order valence-electron chi connectivity index (χ2n) is 5.76. The van der Waals surface area contributed by atoms with Gasteiger partial charge in [-0.3, -0.25) is 4.79 Å². The molecule has 0 unspecified atom stereocenters. The van der Waals surface area contributed by atoms with Crippen LogP contribution < -0.4 is 5.73 Å². The van der Waals surface area contributed by atoms with Gasteiger partial charge in [-0.15, -0.1) is 12.4 Å². The summed E-state index contributed by atoms with van der Waals surface area (Å²) in [5.74, 6) is 0.102. The summed E-state index contributed by atoms with van der Waals surface area (Å²) in [5, 5.41) is 0. The van der Waals surface area contributed by atoms with Crippen LogP contribution in [0.4, 0.5) is 0 Å². The number of aryl methyl sites for hydroxylation is 1. The highest BCUT2D eigenvalue weighted by Crippen LogP contribution is 2.20. The van der Waals surface area contributed by atoms with E-state index in [1.54, 1.807) is 4.90 Å². The minimum absolute atomic E-state index is 0. The van der Waals surface area contributed by atoms with Gasteiger partial charge in [-0.1, -0.05) is 30.3 Å². The average molecular weight is 327 g/mol. The van der Waals surface area contributed by atoms with Gasteiger partial charge in [-0.25, -0.2) is 0 Å². The van der Waals surface area contributed by atoms with Gasteiger partial charge in [0, 0.05) is 20.1 Å². The molecule has 0 aliphatic carbocycles. The summed E-state index contributed by atoms with van der Waals surface area (Å²) in [5.41, 5.74) is 6.93. The standard InChI is InChI=1S/C17H26N2O2.ClH/c1-19(17(20)16-11-10-15(13-18)21-16)12-6-5-9-14-7-3-2-4-8-14;/h2-4,7-8,15-16H,5-6,9-13,18H2,1H3;1H/t15-,16+;/m1./s1. The van der Waals surface area contributed by atoms with Gasteiger partial charge in [0.1, 0.15) is 6.10 Å². The summed E-state index contributed by atoms with van der Waals surface area (Å²) < 4.78 is 5.65. The second kappa shape index (κ2) is 9.82. The molecule has 0 spiro atoms. The molecule has 22 heavy (non-hydrogen) atoms. The van der Waals surface area contributed by atoms with Gasteiger partial charge in [0.15, 0.2) is 0 Å². The van der Waals surface area contributed by atoms with E-state index in [0.717, 1.165) is 38.6 Å². The number of ether oxygens (including phenoxy) is 1. The fraction of sp³-hybridized carbons (Fsp3) is 0.588. The molecule has 2 rings (SSSR count). The predicted molar refractivity (Wildman–Crippen MR) is 91.2 cm³/mol. The third kappa shape index (κ3) is 5.59. The molecular weight excluding hydrogens is 300 g/mol. The number of hydrogen-bond acceptors (Lipinski definition) is 3. The maximum absolute atomic E-state index is 12.2. The van der Waals surface area contributed by atoms with Crippen molar-refractivity contribution in [1.82, 2.24) is 4.90 Å². The first-order valence-corrected chi connectivity index (χ1v) is 7.85. The van der Waals surface area contributed by atoms with Crippen LogP contribution in [0.3, 0.4) is 0 Å². The van der Waals surface area contributed by atoms with Gasteiger partial charge in [-0.2, -0.15) is 0 Å². The van der Waals surface area contributed by atoms with Gasteiger partial charge in [0.2, 0.25) is 0 Å². The number of unbranched alkanes of at least 4 members (excludes halogenated alkanes) is 1. The third-order valence-corrected chi connectivity index (χ3v) is 4.07. The van der Waals surface area contributed by atoms with E-state index in [4.69, 9.17) is 10.5 Å².